The van der Waals surface area contributed by atoms with E-state index in [1.165, 1.54) is 12.2 Å². The maximum atomic E-state index is 16.5. The quantitative estimate of drug-likeness (QED) is 0.0870. The van der Waals surface area contributed by atoms with Gasteiger partial charge in [-0.25, -0.2) is 27.5 Å². The molecule has 6 atom stereocenters. The molecule has 6 aromatic rings. The lowest BCUT2D eigenvalue weighted by molar-refractivity contribution is -0.127. The van der Waals surface area contributed by atoms with E-state index in [0.29, 0.717) is 99.0 Å². The van der Waals surface area contributed by atoms with E-state index in [0.717, 1.165) is 22.3 Å². The summed E-state index contributed by atoms with van der Waals surface area (Å²) in [5, 5.41) is 1.09. The summed E-state index contributed by atoms with van der Waals surface area (Å²) in [7, 11) is 3.67. The van der Waals surface area contributed by atoms with Crippen molar-refractivity contribution in [3.8, 4) is 34.5 Å². The summed E-state index contributed by atoms with van der Waals surface area (Å²) in [6.45, 7) is 22.0. The van der Waals surface area contributed by atoms with Gasteiger partial charge in [0.05, 0.1) is 32.6 Å². The third-order valence-corrected chi connectivity index (χ3v) is 16.7. The SMILES string of the molecule is C=CC(=O)N1CCN(c2nc(OC[C@@H]3C[C@@H](F)CN3C)nc3c(F)c(-c4nc(N)cc(C)c4C)c(Cl)cc23)[C@@H](C)C1.C=CC(=O)N1CCN(c2nc(OC[C@@H]3C[C@@H](F)CN3C)nc3c(F)c(-c4nc(N)cc(C)c4C)c(Cl)cc23)[C@@H](C)C1. The number of alkyl halides is 2. The molecule has 0 radical (unpaired) electrons. The van der Waals surface area contributed by atoms with E-state index < -0.39 is 24.0 Å². The number of ether oxygens (including phenoxy) is 2. The van der Waals surface area contributed by atoms with Gasteiger partial charge in [0, 0.05) is 87.3 Å². The molecular weight excluding hydrogens is 1100 g/mol. The number of likely N-dealkylation sites (N-methyl/N-ethyl adjacent to an activating group) is 2. The first-order valence-electron chi connectivity index (χ1n) is 27.1. The second kappa shape index (κ2) is 24.4. The highest BCUT2D eigenvalue weighted by Gasteiger charge is 2.35. The molecule has 10 rings (SSSR count). The van der Waals surface area contributed by atoms with Crippen molar-refractivity contribution in [3.63, 3.8) is 0 Å². The number of anilines is 4. The normalized spacial score (nSPS) is 21.5. The average molecular weight is 1170 g/mol. The Morgan fingerprint density at radius 1 is 0.622 bits per heavy atom. The molecule has 4 saturated heterocycles. The summed E-state index contributed by atoms with van der Waals surface area (Å²) in [5.74, 6) is -0.275. The van der Waals surface area contributed by atoms with E-state index in [9.17, 15) is 18.4 Å². The van der Waals surface area contributed by atoms with Crippen LogP contribution in [0.25, 0.3) is 44.3 Å². The van der Waals surface area contributed by atoms with Crippen molar-refractivity contribution in [2.45, 2.75) is 90.9 Å². The van der Waals surface area contributed by atoms with E-state index in [4.69, 9.17) is 54.1 Å². The highest BCUT2D eigenvalue weighted by molar-refractivity contribution is 6.35. The Kier molecular flexibility index (Phi) is 17.7. The summed E-state index contributed by atoms with van der Waals surface area (Å²) < 4.78 is 72.9. The molecule has 4 N–H and O–H groups in total. The predicted molar refractivity (Wildman–Crippen MR) is 313 cm³/mol. The molecule has 0 spiro atoms. The topological polar surface area (TPSA) is 201 Å². The third-order valence-electron chi connectivity index (χ3n) is 16.1. The van der Waals surface area contributed by atoms with Crippen LogP contribution in [0.15, 0.2) is 49.6 Å². The van der Waals surface area contributed by atoms with Crippen molar-refractivity contribution in [2.75, 3.05) is 101 Å². The number of fused-ring (bicyclic) bond motifs is 2. The molecule has 18 nitrogen and oxygen atoms in total. The summed E-state index contributed by atoms with van der Waals surface area (Å²) in [6.07, 6.45) is 1.39. The fourth-order valence-electron chi connectivity index (χ4n) is 11.3. The molecule has 4 aromatic heterocycles. The van der Waals surface area contributed by atoms with Gasteiger partial charge in [-0.3, -0.25) is 19.4 Å². The van der Waals surface area contributed by atoms with Crippen molar-refractivity contribution >= 4 is 80.1 Å². The minimum Gasteiger partial charge on any atom is -0.462 e. The standard InChI is InChI=1S/2C29H34ClF2N7O2/c2*1-6-23(40)38-7-8-39(16(3)12-38)28-20-11-21(30)24(26-17(4)15(2)9-22(33)34-26)25(32)27(20)35-29(36-28)41-14-19-10-18(31)13-37(19)5/h2*6,9,11,16,18-19H,1,7-8,10,12-14H2,2-5H3,(H2,33,34)/t2*16-,18+,19-/m00/s1. The smallest absolute Gasteiger partial charge is 0.319 e. The molecule has 2 amide bonds. The Morgan fingerprint density at radius 3 is 1.33 bits per heavy atom. The molecule has 4 aliphatic rings. The number of benzene rings is 2. The van der Waals surface area contributed by atoms with Crippen LogP contribution >= 0.6 is 23.2 Å². The van der Waals surface area contributed by atoms with Gasteiger partial charge in [0.25, 0.3) is 0 Å². The molecule has 24 heteroatoms. The van der Waals surface area contributed by atoms with Gasteiger partial charge < -0.3 is 40.5 Å². The highest BCUT2D eigenvalue weighted by atomic mass is 35.5. The number of piperazine rings is 2. The lowest BCUT2D eigenvalue weighted by Crippen LogP contribution is -2.53. The first-order valence-corrected chi connectivity index (χ1v) is 27.9. The lowest BCUT2D eigenvalue weighted by atomic mass is 10.00. The number of halogens is 6. The number of nitrogen functional groups attached to an aromatic ring is 2. The number of carbonyl (C=O) groups excluding carboxylic acids is 2. The Hall–Kier alpha value is -7.14. The van der Waals surface area contributed by atoms with Crippen LogP contribution in [-0.4, -0.2) is 177 Å². The van der Waals surface area contributed by atoms with Gasteiger partial charge in [-0.2, -0.15) is 19.9 Å². The van der Waals surface area contributed by atoms with Gasteiger partial charge >= 0.3 is 12.0 Å². The van der Waals surface area contributed by atoms with Gasteiger partial charge in [-0.05, 0) is 127 Å². The van der Waals surface area contributed by atoms with Gasteiger partial charge in [0.15, 0.2) is 11.6 Å². The first kappa shape index (κ1) is 59.5. The van der Waals surface area contributed by atoms with Crippen molar-refractivity contribution in [3.05, 3.63) is 93.5 Å². The minimum atomic E-state index is -0.934. The number of amides is 2. The molecule has 4 fully saturated rings. The largest absolute Gasteiger partial charge is 0.462 e. The molecule has 82 heavy (non-hydrogen) atoms. The van der Waals surface area contributed by atoms with Crippen LogP contribution in [-0.2, 0) is 9.59 Å². The van der Waals surface area contributed by atoms with E-state index in [-0.39, 0.29) is 105 Å². The first-order chi connectivity index (χ1) is 39.0. The van der Waals surface area contributed by atoms with Gasteiger partial charge in [-0.15, -0.1) is 0 Å². The molecule has 4 aliphatic heterocycles. The fraction of sp³-hybridized carbons (Fsp3) is 0.448. The molecule has 0 saturated carbocycles. The number of nitrogens with zero attached hydrogens (tertiary/aromatic N) is 12. The van der Waals surface area contributed by atoms with Crippen molar-refractivity contribution in [2.24, 2.45) is 0 Å². The zero-order valence-electron chi connectivity index (χ0n) is 47.2. The van der Waals surface area contributed by atoms with Crippen LogP contribution in [0.1, 0.15) is 48.9 Å². The van der Waals surface area contributed by atoms with E-state index in [2.05, 4.69) is 33.1 Å². The number of aryl methyl sites for hydroxylation is 2. The summed E-state index contributed by atoms with van der Waals surface area (Å²) in [4.78, 5) is 62.8. The van der Waals surface area contributed by atoms with Crippen molar-refractivity contribution in [1.82, 2.24) is 49.5 Å². The van der Waals surface area contributed by atoms with Crippen molar-refractivity contribution in [1.29, 1.82) is 0 Å². The predicted octanol–water partition coefficient (Wildman–Crippen LogP) is 8.65. The number of carbonyl (C=O) groups is 2. The van der Waals surface area contributed by atoms with Crippen LogP contribution in [0.2, 0.25) is 10.0 Å². The van der Waals surface area contributed by atoms with Crippen molar-refractivity contribution < 1.29 is 36.6 Å². The van der Waals surface area contributed by atoms with E-state index in [1.807, 2.05) is 75.2 Å². The zero-order chi connectivity index (χ0) is 59.2. The lowest BCUT2D eigenvalue weighted by Gasteiger charge is -2.40. The van der Waals surface area contributed by atoms with Crippen LogP contribution in [0, 0.1) is 39.3 Å². The zero-order valence-corrected chi connectivity index (χ0v) is 48.8. The maximum absolute atomic E-state index is 16.5. The Morgan fingerprint density at radius 2 is 1.00 bits per heavy atom. The minimum absolute atomic E-state index is 0.0191. The number of nitrogens with two attached hydrogens (primary N) is 2. The highest BCUT2D eigenvalue weighted by Crippen LogP contribution is 2.43. The number of hydrogen-bond donors (Lipinski definition) is 2. The number of hydrogen-bond acceptors (Lipinski definition) is 16. The van der Waals surface area contributed by atoms with Crippen LogP contribution in [0.5, 0.6) is 12.0 Å². The van der Waals surface area contributed by atoms with Crippen LogP contribution in [0.4, 0.5) is 40.8 Å². The summed E-state index contributed by atoms with van der Waals surface area (Å²) in [5.41, 5.74) is 16.1. The molecule has 0 unspecified atom stereocenters. The molecule has 8 heterocycles. The molecule has 0 bridgehead atoms. The maximum Gasteiger partial charge on any atom is 0.319 e. The van der Waals surface area contributed by atoms with Gasteiger partial charge in [0.1, 0.15) is 59.9 Å². The molecule has 0 aliphatic carbocycles. The number of pyridine rings is 2. The van der Waals surface area contributed by atoms with Crippen LogP contribution in [0.3, 0.4) is 0 Å². The Labute approximate surface area is 484 Å². The fourth-order valence-corrected chi connectivity index (χ4v) is 11.9. The van der Waals surface area contributed by atoms with Gasteiger partial charge in [-0.1, -0.05) is 36.4 Å². The Balaban J connectivity index is 0.000000198. The number of likely N-dealkylation sites (tertiary alicyclic amines) is 2. The monoisotopic (exact) mass is 1170 g/mol. The van der Waals surface area contributed by atoms with Crippen LogP contribution < -0.4 is 30.7 Å². The average Bonchev–Trinajstić information content (AvgIpc) is 3.45. The van der Waals surface area contributed by atoms with E-state index >= 15 is 8.78 Å². The summed E-state index contributed by atoms with van der Waals surface area (Å²) >= 11 is 13.5. The molecular formula is C58H68Cl2F4N14O4. The summed E-state index contributed by atoms with van der Waals surface area (Å²) in [6, 6.07) is 6.03. The van der Waals surface area contributed by atoms with Gasteiger partial charge in [0.2, 0.25) is 11.8 Å². The molecule has 2 aromatic carbocycles. The third kappa shape index (κ3) is 12.0. The number of rotatable bonds is 12. The second-order valence-corrected chi connectivity index (χ2v) is 22.6. The van der Waals surface area contributed by atoms with E-state index in [1.54, 1.807) is 34.1 Å². The Bertz CT molecular complexity index is 3270. The second-order valence-electron chi connectivity index (χ2n) is 21.8. The molecule has 436 valence electrons. The number of aromatic nitrogens is 6.